The minimum atomic E-state index is -4.44. The third-order valence-electron chi connectivity index (χ3n) is 2.92. The standard InChI is InChI=1S/C13H14BrF3N2O.ClH/c14-10-3-9(13(15,16)17)4-11(5-10)19-12(20)7-18-6-8-1-2-8;/h3-5,8,18H,1-2,6-7H2,(H,19,20);1H. The molecule has 1 aliphatic carbocycles. The smallest absolute Gasteiger partial charge is 0.325 e. The van der Waals surface area contributed by atoms with Gasteiger partial charge in [0.2, 0.25) is 5.91 Å². The second kappa shape index (κ2) is 7.47. The third-order valence-corrected chi connectivity index (χ3v) is 3.38. The monoisotopic (exact) mass is 386 g/mol. The van der Waals surface area contributed by atoms with Crippen LogP contribution in [0.5, 0.6) is 0 Å². The summed E-state index contributed by atoms with van der Waals surface area (Å²) in [6.45, 7) is 0.879. The van der Waals surface area contributed by atoms with Crippen LogP contribution in [-0.4, -0.2) is 19.0 Å². The number of hydrogen-bond donors (Lipinski definition) is 2. The van der Waals surface area contributed by atoms with Crippen molar-refractivity contribution in [2.45, 2.75) is 19.0 Å². The van der Waals surface area contributed by atoms with Gasteiger partial charge in [-0.05, 0) is 43.5 Å². The van der Waals surface area contributed by atoms with Crippen molar-refractivity contribution in [3.8, 4) is 0 Å². The van der Waals surface area contributed by atoms with E-state index in [0.717, 1.165) is 18.7 Å². The molecule has 1 fully saturated rings. The Balaban J connectivity index is 0.00000220. The summed E-state index contributed by atoms with van der Waals surface area (Å²) in [5, 5.41) is 5.44. The maximum Gasteiger partial charge on any atom is 0.416 e. The summed E-state index contributed by atoms with van der Waals surface area (Å²) in [6, 6.07) is 3.33. The molecule has 0 unspecified atom stereocenters. The highest BCUT2D eigenvalue weighted by Gasteiger charge is 2.31. The quantitative estimate of drug-likeness (QED) is 0.806. The lowest BCUT2D eigenvalue weighted by Gasteiger charge is -2.11. The molecule has 0 aromatic heterocycles. The van der Waals surface area contributed by atoms with Gasteiger partial charge in [0, 0.05) is 10.2 Å². The lowest BCUT2D eigenvalue weighted by atomic mass is 10.2. The predicted octanol–water partition coefficient (Wildman–Crippen LogP) is 3.83. The molecule has 0 saturated heterocycles. The van der Waals surface area contributed by atoms with Gasteiger partial charge in [0.15, 0.2) is 0 Å². The van der Waals surface area contributed by atoms with E-state index < -0.39 is 11.7 Å². The van der Waals surface area contributed by atoms with E-state index in [4.69, 9.17) is 0 Å². The first-order valence-electron chi connectivity index (χ1n) is 6.23. The van der Waals surface area contributed by atoms with Crippen LogP contribution in [0.1, 0.15) is 18.4 Å². The summed E-state index contributed by atoms with van der Waals surface area (Å²) < 4.78 is 38.2. The van der Waals surface area contributed by atoms with Gasteiger partial charge in [-0.3, -0.25) is 4.79 Å². The van der Waals surface area contributed by atoms with Crippen LogP contribution < -0.4 is 10.6 Å². The highest BCUT2D eigenvalue weighted by Crippen LogP contribution is 2.33. The highest BCUT2D eigenvalue weighted by molar-refractivity contribution is 9.10. The molecule has 0 heterocycles. The Labute approximate surface area is 135 Å². The summed E-state index contributed by atoms with van der Waals surface area (Å²) in [6.07, 6.45) is -2.09. The van der Waals surface area contributed by atoms with Crippen LogP contribution in [-0.2, 0) is 11.0 Å². The van der Waals surface area contributed by atoms with Crippen LogP contribution in [0, 0.1) is 5.92 Å². The summed E-state index contributed by atoms with van der Waals surface area (Å²) in [5.41, 5.74) is -0.668. The van der Waals surface area contributed by atoms with Gasteiger partial charge in [0.05, 0.1) is 12.1 Å². The molecule has 1 aromatic carbocycles. The maximum atomic E-state index is 12.6. The highest BCUT2D eigenvalue weighted by atomic mass is 79.9. The number of anilines is 1. The summed E-state index contributed by atoms with van der Waals surface area (Å²) >= 11 is 3.01. The van der Waals surface area contributed by atoms with E-state index in [-0.39, 0.29) is 35.0 Å². The lowest BCUT2D eigenvalue weighted by molar-refractivity contribution is -0.137. The van der Waals surface area contributed by atoms with Crippen LogP contribution in [0.25, 0.3) is 0 Å². The van der Waals surface area contributed by atoms with Crippen molar-refractivity contribution in [2.24, 2.45) is 5.92 Å². The molecule has 8 heteroatoms. The molecular weight excluding hydrogens is 373 g/mol. The van der Waals surface area contributed by atoms with Gasteiger partial charge in [-0.15, -0.1) is 12.4 Å². The number of hydrogen-bond acceptors (Lipinski definition) is 2. The largest absolute Gasteiger partial charge is 0.416 e. The number of halogens is 5. The average Bonchev–Trinajstić information content (AvgIpc) is 3.11. The number of rotatable bonds is 5. The molecule has 3 nitrogen and oxygen atoms in total. The van der Waals surface area contributed by atoms with Crippen molar-refractivity contribution in [2.75, 3.05) is 18.4 Å². The van der Waals surface area contributed by atoms with E-state index >= 15 is 0 Å². The third kappa shape index (κ3) is 6.23. The SMILES string of the molecule is Cl.O=C(CNCC1CC1)Nc1cc(Br)cc(C(F)(F)F)c1. The summed E-state index contributed by atoms with van der Waals surface area (Å²) in [5.74, 6) is 0.294. The Morgan fingerprint density at radius 2 is 1.95 bits per heavy atom. The van der Waals surface area contributed by atoms with Gasteiger partial charge < -0.3 is 10.6 Å². The molecule has 1 aliphatic rings. The van der Waals surface area contributed by atoms with Crippen LogP contribution in [0.2, 0.25) is 0 Å². The van der Waals surface area contributed by atoms with Gasteiger partial charge in [-0.2, -0.15) is 13.2 Å². The number of carbonyl (C=O) groups excluding carboxylic acids is 1. The fourth-order valence-electron chi connectivity index (χ4n) is 1.74. The molecule has 0 spiro atoms. The number of alkyl halides is 3. The van der Waals surface area contributed by atoms with E-state index in [2.05, 4.69) is 26.6 Å². The molecule has 118 valence electrons. The fourth-order valence-corrected chi connectivity index (χ4v) is 2.24. The molecule has 2 N–H and O–H groups in total. The fraction of sp³-hybridized carbons (Fsp3) is 0.462. The second-order valence-corrected chi connectivity index (χ2v) is 5.76. The first-order valence-corrected chi connectivity index (χ1v) is 7.02. The van der Waals surface area contributed by atoms with Crippen molar-refractivity contribution in [1.82, 2.24) is 5.32 Å². The molecule has 1 amide bonds. The first kappa shape index (κ1) is 18.3. The maximum absolute atomic E-state index is 12.6. The first-order chi connectivity index (χ1) is 9.34. The zero-order chi connectivity index (χ0) is 14.8. The molecule has 0 bridgehead atoms. The van der Waals surface area contributed by atoms with E-state index in [1.165, 1.54) is 18.9 Å². The van der Waals surface area contributed by atoms with Crippen molar-refractivity contribution in [1.29, 1.82) is 0 Å². The number of nitrogens with one attached hydrogen (secondary N) is 2. The molecule has 0 radical (unpaired) electrons. The number of amides is 1. The summed E-state index contributed by atoms with van der Waals surface area (Å²) in [4.78, 5) is 11.6. The Morgan fingerprint density at radius 1 is 1.29 bits per heavy atom. The van der Waals surface area contributed by atoms with E-state index in [1.807, 2.05) is 0 Å². The van der Waals surface area contributed by atoms with Crippen molar-refractivity contribution in [3.63, 3.8) is 0 Å². The van der Waals surface area contributed by atoms with Gasteiger partial charge >= 0.3 is 6.18 Å². The van der Waals surface area contributed by atoms with Crippen molar-refractivity contribution < 1.29 is 18.0 Å². The number of benzene rings is 1. The van der Waals surface area contributed by atoms with Gasteiger partial charge in [0.25, 0.3) is 0 Å². The Hall–Kier alpha value is -0.790. The minimum Gasteiger partial charge on any atom is -0.325 e. The van der Waals surface area contributed by atoms with Crippen LogP contribution in [0.15, 0.2) is 22.7 Å². The van der Waals surface area contributed by atoms with Crippen molar-refractivity contribution in [3.05, 3.63) is 28.2 Å². The lowest BCUT2D eigenvalue weighted by Crippen LogP contribution is -2.29. The van der Waals surface area contributed by atoms with Crippen LogP contribution in [0.3, 0.4) is 0 Å². The van der Waals surface area contributed by atoms with Gasteiger partial charge in [-0.25, -0.2) is 0 Å². The summed E-state index contributed by atoms with van der Waals surface area (Å²) in [7, 11) is 0. The molecule has 0 aliphatic heterocycles. The molecule has 21 heavy (non-hydrogen) atoms. The minimum absolute atomic E-state index is 0. The Morgan fingerprint density at radius 3 is 2.52 bits per heavy atom. The molecule has 1 saturated carbocycles. The van der Waals surface area contributed by atoms with E-state index in [9.17, 15) is 18.0 Å². The molecule has 1 aromatic rings. The van der Waals surface area contributed by atoms with Crippen LogP contribution >= 0.6 is 28.3 Å². The predicted molar refractivity (Wildman–Crippen MR) is 80.6 cm³/mol. The zero-order valence-corrected chi connectivity index (χ0v) is 13.4. The van der Waals surface area contributed by atoms with Gasteiger partial charge in [-0.1, -0.05) is 15.9 Å². The van der Waals surface area contributed by atoms with Crippen molar-refractivity contribution >= 4 is 39.9 Å². The number of carbonyl (C=O) groups is 1. The zero-order valence-electron chi connectivity index (χ0n) is 11.0. The van der Waals surface area contributed by atoms with Gasteiger partial charge in [0.1, 0.15) is 0 Å². The average molecular weight is 388 g/mol. The Kier molecular flexibility index (Phi) is 6.49. The molecule has 2 rings (SSSR count). The normalized spacial score (nSPS) is 14.5. The Bertz CT molecular complexity index is 507. The van der Waals surface area contributed by atoms with Crippen LogP contribution in [0.4, 0.5) is 18.9 Å². The molecular formula is C13H15BrClF3N2O. The topological polar surface area (TPSA) is 41.1 Å². The van der Waals surface area contributed by atoms with E-state index in [1.54, 1.807) is 0 Å². The second-order valence-electron chi connectivity index (χ2n) is 4.85. The van der Waals surface area contributed by atoms with E-state index in [0.29, 0.717) is 5.92 Å². The molecule has 0 atom stereocenters.